The van der Waals surface area contributed by atoms with Gasteiger partial charge in [-0.2, -0.15) is 0 Å². The number of hydrogen-bond donors (Lipinski definition) is 0. The molecule has 0 aliphatic rings. The lowest BCUT2D eigenvalue weighted by Crippen LogP contribution is -1.97. The van der Waals surface area contributed by atoms with Crippen molar-refractivity contribution < 1.29 is 4.74 Å². The van der Waals surface area contributed by atoms with E-state index in [2.05, 4.69) is 156 Å². The average Bonchev–Trinajstić information content (AvgIpc) is 3.67. The van der Waals surface area contributed by atoms with Gasteiger partial charge in [0.1, 0.15) is 17.3 Å². The normalized spacial score (nSPS) is 11.7. The van der Waals surface area contributed by atoms with Crippen molar-refractivity contribution >= 4 is 54.4 Å². The fraction of sp³-hybridized carbons (Fsp3) is 0.0222. The third kappa shape index (κ3) is 4.41. The molecule has 6 aromatic carbocycles. The van der Waals surface area contributed by atoms with Crippen LogP contribution in [0.5, 0.6) is 11.5 Å². The number of aromatic nitrogens is 4. The van der Waals surface area contributed by atoms with E-state index in [0.717, 1.165) is 67.0 Å². The third-order valence-electron chi connectivity index (χ3n) is 9.66. The lowest BCUT2D eigenvalue weighted by molar-refractivity contribution is 0.483. The van der Waals surface area contributed by atoms with Crippen LogP contribution in [-0.4, -0.2) is 19.1 Å². The standard InChI is InChI=1S/C45H30N4O/c1-29-25-31(45-35-14-6-5-11-30(35)22-24-47-45)27-34(26-29)50-33-18-19-37-41(28-33)49(42-17-9-10-23-46-42)40-21-20-39-43(44(37)40)36-15-7-8-16-38(36)48(39)32-12-3-2-4-13-32/h2-28H,1H3. The van der Waals surface area contributed by atoms with Gasteiger partial charge in [-0.1, -0.05) is 66.7 Å². The van der Waals surface area contributed by atoms with Gasteiger partial charge in [0.25, 0.3) is 0 Å². The van der Waals surface area contributed by atoms with Crippen LogP contribution in [0.25, 0.3) is 77.1 Å². The molecule has 0 N–H and O–H groups in total. The minimum absolute atomic E-state index is 0.753. The highest BCUT2D eigenvalue weighted by Gasteiger charge is 2.21. The molecule has 5 heteroatoms. The maximum Gasteiger partial charge on any atom is 0.137 e. The molecule has 4 heterocycles. The molecule has 0 saturated carbocycles. The zero-order chi connectivity index (χ0) is 33.2. The van der Waals surface area contributed by atoms with Gasteiger partial charge in [-0.05, 0) is 96.7 Å². The molecule has 0 radical (unpaired) electrons. The molecule has 0 aliphatic heterocycles. The second-order valence-corrected chi connectivity index (χ2v) is 12.8. The lowest BCUT2D eigenvalue weighted by Gasteiger charge is -2.12. The minimum atomic E-state index is 0.753. The van der Waals surface area contributed by atoms with Crippen molar-refractivity contribution in [3.8, 4) is 34.3 Å². The highest BCUT2D eigenvalue weighted by Crippen LogP contribution is 2.43. The Bertz CT molecular complexity index is 2900. The van der Waals surface area contributed by atoms with E-state index in [-0.39, 0.29) is 0 Å². The smallest absolute Gasteiger partial charge is 0.137 e. The molecule has 10 rings (SSSR count). The summed E-state index contributed by atoms with van der Waals surface area (Å²) in [5, 5.41) is 7.06. The average molecular weight is 643 g/mol. The van der Waals surface area contributed by atoms with Gasteiger partial charge in [-0.3, -0.25) is 9.55 Å². The summed E-state index contributed by atoms with van der Waals surface area (Å²) in [6.45, 7) is 2.10. The molecule has 236 valence electrons. The quantitative estimate of drug-likeness (QED) is 0.188. The van der Waals surface area contributed by atoms with Gasteiger partial charge in [0.05, 0.1) is 27.8 Å². The molecule has 0 unspecified atom stereocenters. The van der Waals surface area contributed by atoms with Gasteiger partial charge < -0.3 is 9.30 Å². The Labute approximate surface area is 288 Å². The predicted octanol–water partition coefficient (Wildman–Crippen LogP) is 11.6. The highest BCUT2D eigenvalue weighted by atomic mass is 16.5. The topological polar surface area (TPSA) is 44.9 Å². The Morgan fingerprint density at radius 2 is 1.22 bits per heavy atom. The monoisotopic (exact) mass is 642 g/mol. The Balaban J connectivity index is 1.19. The SMILES string of the molecule is Cc1cc(Oc2ccc3c4c5c6ccccc6n(-c6ccccc6)c5ccc4n(-c4ccccn4)c3c2)cc(-c2nccc3ccccc23)c1. The van der Waals surface area contributed by atoms with Gasteiger partial charge >= 0.3 is 0 Å². The van der Waals surface area contributed by atoms with Crippen LogP contribution in [0.4, 0.5) is 0 Å². The summed E-state index contributed by atoms with van der Waals surface area (Å²) in [5.41, 5.74) is 8.68. The number of benzene rings is 6. The first-order valence-corrected chi connectivity index (χ1v) is 16.8. The van der Waals surface area contributed by atoms with Crippen LogP contribution in [0.1, 0.15) is 5.56 Å². The van der Waals surface area contributed by atoms with Crippen molar-refractivity contribution in [1.82, 2.24) is 19.1 Å². The van der Waals surface area contributed by atoms with Gasteiger partial charge in [-0.15, -0.1) is 0 Å². The van der Waals surface area contributed by atoms with E-state index in [1.807, 2.05) is 24.5 Å². The van der Waals surface area contributed by atoms with E-state index in [9.17, 15) is 0 Å². The number of fused-ring (bicyclic) bond motifs is 8. The van der Waals surface area contributed by atoms with Gasteiger partial charge in [0, 0.05) is 56.6 Å². The molecular weight excluding hydrogens is 613 g/mol. The van der Waals surface area contributed by atoms with E-state index in [1.165, 1.54) is 27.2 Å². The number of pyridine rings is 2. The summed E-state index contributed by atoms with van der Waals surface area (Å²) < 4.78 is 11.3. The summed E-state index contributed by atoms with van der Waals surface area (Å²) in [4.78, 5) is 9.60. The third-order valence-corrected chi connectivity index (χ3v) is 9.66. The van der Waals surface area contributed by atoms with Gasteiger partial charge in [0.15, 0.2) is 0 Å². The maximum atomic E-state index is 6.68. The van der Waals surface area contributed by atoms with Gasteiger partial charge in [0.2, 0.25) is 0 Å². The van der Waals surface area contributed by atoms with E-state index < -0.39 is 0 Å². The van der Waals surface area contributed by atoms with Crippen molar-refractivity contribution in [2.24, 2.45) is 0 Å². The van der Waals surface area contributed by atoms with Crippen LogP contribution in [0.3, 0.4) is 0 Å². The van der Waals surface area contributed by atoms with E-state index in [1.54, 1.807) is 0 Å². The molecular formula is C45H30N4O. The molecule has 50 heavy (non-hydrogen) atoms. The first-order chi connectivity index (χ1) is 24.7. The minimum Gasteiger partial charge on any atom is -0.457 e. The Hall–Kier alpha value is -6.72. The number of nitrogens with zero attached hydrogens (tertiary/aromatic N) is 4. The van der Waals surface area contributed by atoms with Crippen molar-refractivity contribution in [2.75, 3.05) is 0 Å². The van der Waals surface area contributed by atoms with E-state index in [0.29, 0.717) is 0 Å². The van der Waals surface area contributed by atoms with Crippen LogP contribution in [0.15, 0.2) is 164 Å². The molecule has 0 bridgehead atoms. The first-order valence-electron chi connectivity index (χ1n) is 16.8. The molecule has 0 aliphatic carbocycles. The second-order valence-electron chi connectivity index (χ2n) is 12.8. The molecule has 5 nitrogen and oxygen atoms in total. The maximum absolute atomic E-state index is 6.68. The van der Waals surface area contributed by atoms with Crippen LogP contribution in [0, 0.1) is 6.92 Å². The summed E-state index contributed by atoms with van der Waals surface area (Å²) in [6.07, 6.45) is 3.72. The van der Waals surface area contributed by atoms with E-state index >= 15 is 0 Å². The zero-order valence-corrected chi connectivity index (χ0v) is 27.3. The molecule has 0 amide bonds. The van der Waals surface area contributed by atoms with E-state index in [4.69, 9.17) is 14.7 Å². The van der Waals surface area contributed by atoms with Crippen molar-refractivity contribution in [3.05, 3.63) is 170 Å². The lowest BCUT2D eigenvalue weighted by atomic mass is 10.0. The number of rotatable bonds is 5. The number of aryl methyl sites for hydroxylation is 1. The largest absolute Gasteiger partial charge is 0.457 e. The number of ether oxygens (including phenoxy) is 1. The molecule has 0 fully saturated rings. The highest BCUT2D eigenvalue weighted by molar-refractivity contribution is 6.29. The predicted molar refractivity (Wildman–Crippen MR) is 205 cm³/mol. The fourth-order valence-corrected chi connectivity index (χ4v) is 7.63. The Morgan fingerprint density at radius 1 is 0.480 bits per heavy atom. The van der Waals surface area contributed by atoms with Crippen molar-refractivity contribution in [3.63, 3.8) is 0 Å². The molecule has 0 spiro atoms. The second kappa shape index (κ2) is 11.2. The number of para-hydroxylation sites is 2. The number of hydrogen-bond acceptors (Lipinski definition) is 3. The summed E-state index contributed by atoms with van der Waals surface area (Å²) in [7, 11) is 0. The first kappa shape index (κ1) is 28.3. The van der Waals surface area contributed by atoms with Crippen LogP contribution in [0.2, 0.25) is 0 Å². The summed E-state index contributed by atoms with van der Waals surface area (Å²) >= 11 is 0. The fourth-order valence-electron chi connectivity index (χ4n) is 7.63. The van der Waals surface area contributed by atoms with Crippen molar-refractivity contribution in [2.45, 2.75) is 6.92 Å². The van der Waals surface area contributed by atoms with Crippen LogP contribution >= 0.6 is 0 Å². The van der Waals surface area contributed by atoms with Crippen LogP contribution in [-0.2, 0) is 0 Å². The summed E-state index contributed by atoms with van der Waals surface area (Å²) in [5.74, 6) is 2.38. The molecule has 0 atom stereocenters. The molecule has 4 aromatic heterocycles. The van der Waals surface area contributed by atoms with Crippen LogP contribution < -0.4 is 4.74 Å². The zero-order valence-electron chi connectivity index (χ0n) is 27.3. The summed E-state index contributed by atoms with van der Waals surface area (Å²) in [6, 6.07) is 53.0. The Morgan fingerprint density at radius 3 is 2.06 bits per heavy atom. The molecule has 0 saturated heterocycles. The van der Waals surface area contributed by atoms with Gasteiger partial charge in [-0.25, -0.2) is 4.98 Å². The Kier molecular flexibility index (Phi) is 6.33. The van der Waals surface area contributed by atoms with Crippen molar-refractivity contribution in [1.29, 1.82) is 0 Å². The molecule has 10 aromatic rings.